The summed E-state index contributed by atoms with van der Waals surface area (Å²) in [6.07, 6.45) is 1.83. The van der Waals surface area contributed by atoms with E-state index in [2.05, 4.69) is 21.2 Å². The quantitative estimate of drug-likeness (QED) is 0.861. The number of anilines is 1. The summed E-state index contributed by atoms with van der Waals surface area (Å²) < 4.78 is 17.0. The van der Waals surface area contributed by atoms with Crippen LogP contribution in [0.1, 0.15) is 5.56 Å². The van der Waals surface area contributed by atoms with E-state index < -0.39 is 0 Å². The van der Waals surface area contributed by atoms with Gasteiger partial charge in [0.05, 0.1) is 19.8 Å². The topological polar surface area (TPSA) is 56.8 Å². The van der Waals surface area contributed by atoms with E-state index in [1.165, 1.54) is 0 Å². The number of carbonyl (C=O) groups is 1. The highest BCUT2D eigenvalue weighted by molar-refractivity contribution is 9.10. The first-order chi connectivity index (χ1) is 11.6. The standard InChI is InChI=1S/C18H16BrNO4/c1-22-15-7-14(8-16(9-15)23-2)20-18(21)12-5-11-6-13(19)3-4-17(11)24-10-12/h3-9H,10H2,1-2H3,(H,20,21). The molecule has 5 nitrogen and oxygen atoms in total. The number of methoxy groups -OCH3 is 2. The fraction of sp³-hybridized carbons (Fsp3) is 0.167. The Bertz CT molecular complexity index is 794. The Labute approximate surface area is 148 Å². The first-order valence-electron chi connectivity index (χ1n) is 7.26. The number of rotatable bonds is 4. The van der Waals surface area contributed by atoms with Gasteiger partial charge in [-0.3, -0.25) is 4.79 Å². The van der Waals surface area contributed by atoms with Gasteiger partial charge in [0.2, 0.25) is 0 Å². The Morgan fingerprint density at radius 1 is 1.12 bits per heavy atom. The molecule has 1 N–H and O–H groups in total. The van der Waals surface area contributed by atoms with Crippen LogP contribution in [-0.4, -0.2) is 26.7 Å². The maximum Gasteiger partial charge on any atom is 0.255 e. The van der Waals surface area contributed by atoms with Crippen LogP contribution in [0, 0.1) is 0 Å². The first kappa shape index (κ1) is 16.4. The molecule has 3 rings (SSSR count). The van der Waals surface area contributed by atoms with Gasteiger partial charge in [0, 0.05) is 33.9 Å². The van der Waals surface area contributed by atoms with E-state index in [1.807, 2.05) is 24.3 Å². The molecule has 0 saturated carbocycles. The summed E-state index contributed by atoms with van der Waals surface area (Å²) in [5.41, 5.74) is 2.00. The third-order valence-electron chi connectivity index (χ3n) is 3.59. The number of fused-ring (bicyclic) bond motifs is 1. The van der Waals surface area contributed by atoms with Crippen LogP contribution in [-0.2, 0) is 4.79 Å². The zero-order valence-electron chi connectivity index (χ0n) is 13.3. The SMILES string of the molecule is COc1cc(NC(=O)C2=Cc3cc(Br)ccc3OC2)cc(OC)c1. The van der Waals surface area contributed by atoms with Crippen molar-refractivity contribution in [2.75, 3.05) is 26.1 Å². The molecule has 1 heterocycles. The van der Waals surface area contributed by atoms with Crippen molar-refractivity contribution in [1.29, 1.82) is 0 Å². The summed E-state index contributed by atoms with van der Waals surface area (Å²) in [6.45, 7) is 0.224. The molecule has 0 fully saturated rings. The van der Waals surface area contributed by atoms with Gasteiger partial charge in [-0.15, -0.1) is 0 Å². The number of hydrogen-bond acceptors (Lipinski definition) is 4. The molecular weight excluding hydrogens is 374 g/mol. The Morgan fingerprint density at radius 2 is 1.83 bits per heavy atom. The minimum Gasteiger partial charge on any atom is -0.497 e. The number of amides is 1. The maximum atomic E-state index is 12.5. The summed E-state index contributed by atoms with van der Waals surface area (Å²) in [5, 5.41) is 2.85. The lowest BCUT2D eigenvalue weighted by molar-refractivity contribution is -0.113. The first-order valence-corrected chi connectivity index (χ1v) is 8.05. The van der Waals surface area contributed by atoms with Gasteiger partial charge in [-0.2, -0.15) is 0 Å². The van der Waals surface area contributed by atoms with E-state index in [9.17, 15) is 4.79 Å². The summed E-state index contributed by atoms with van der Waals surface area (Å²) in [7, 11) is 3.12. The van der Waals surface area contributed by atoms with Crippen molar-refractivity contribution in [1.82, 2.24) is 0 Å². The number of hydrogen-bond donors (Lipinski definition) is 1. The van der Waals surface area contributed by atoms with Crippen LogP contribution >= 0.6 is 15.9 Å². The highest BCUT2D eigenvalue weighted by Crippen LogP contribution is 2.30. The van der Waals surface area contributed by atoms with Crippen molar-refractivity contribution in [3.8, 4) is 17.2 Å². The molecule has 2 aromatic carbocycles. The smallest absolute Gasteiger partial charge is 0.255 e. The fourth-order valence-corrected chi connectivity index (χ4v) is 2.75. The molecule has 0 aliphatic carbocycles. The number of nitrogens with one attached hydrogen (secondary N) is 1. The Kier molecular flexibility index (Phi) is 4.76. The van der Waals surface area contributed by atoms with Crippen LogP contribution in [0.25, 0.3) is 6.08 Å². The van der Waals surface area contributed by atoms with Crippen LogP contribution in [0.4, 0.5) is 5.69 Å². The van der Waals surface area contributed by atoms with Gasteiger partial charge in [-0.1, -0.05) is 15.9 Å². The molecule has 2 aromatic rings. The third kappa shape index (κ3) is 3.54. The van der Waals surface area contributed by atoms with Crippen molar-refractivity contribution < 1.29 is 19.0 Å². The monoisotopic (exact) mass is 389 g/mol. The zero-order chi connectivity index (χ0) is 17.1. The van der Waals surface area contributed by atoms with Crippen LogP contribution in [0.15, 0.2) is 46.4 Å². The Hall–Kier alpha value is -2.47. The van der Waals surface area contributed by atoms with Crippen molar-refractivity contribution in [3.05, 3.63) is 52.0 Å². The highest BCUT2D eigenvalue weighted by atomic mass is 79.9. The molecule has 1 aliphatic heterocycles. The van der Waals surface area contributed by atoms with Gasteiger partial charge in [0.25, 0.3) is 5.91 Å². The predicted octanol–water partition coefficient (Wildman–Crippen LogP) is 3.88. The fourth-order valence-electron chi connectivity index (χ4n) is 2.37. The average molecular weight is 390 g/mol. The maximum absolute atomic E-state index is 12.5. The second-order valence-electron chi connectivity index (χ2n) is 5.20. The van der Waals surface area contributed by atoms with Gasteiger partial charge in [-0.05, 0) is 24.3 Å². The van der Waals surface area contributed by atoms with Crippen molar-refractivity contribution in [3.63, 3.8) is 0 Å². The molecule has 6 heteroatoms. The van der Waals surface area contributed by atoms with E-state index in [0.717, 1.165) is 15.8 Å². The summed E-state index contributed by atoms with van der Waals surface area (Å²) in [6, 6.07) is 10.9. The van der Waals surface area contributed by atoms with Crippen LogP contribution in [0.3, 0.4) is 0 Å². The third-order valence-corrected chi connectivity index (χ3v) is 4.08. The van der Waals surface area contributed by atoms with Crippen molar-refractivity contribution in [2.24, 2.45) is 0 Å². The molecule has 124 valence electrons. The summed E-state index contributed by atoms with van der Waals surface area (Å²) in [4.78, 5) is 12.5. The van der Waals surface area contributed by atoms with E-state index in [0.29, 0.717) is 22.8 Å². The molecule has 0 spiro atoms. The minimum absolute atomic E-state index is 0.224. The molecule has 0 aromatic heterocycles. The second kappa shape index (κ2) is 6.97. The van der Waals surface area contributed by atoms with E-state index >= 15 is 0 Å². The van der Waals surface area contributed by atoms with Crippen molar-refractivity contribution >= 4 is 33.6 Å². The lowest BCUT2D eigenvalue weighted by Gasteiger charge is -2.18. The molecule has 1 amide bonds. The number of ether oxygens (including phenoxy) is 3. The summed E-state index contributed by atoms with van der Waals surface area (Å²) in [5.74, 6) is 1.74. The van der Waals surface area contributed by atoms with Gasteiger partial charge >= 0.3 is 0 Å². The lowest BCUT2D eigenvalue weighted by atomic mass is 10.1. The van der Waals surface area contributed by atoms with E-state index in [4.69, 9.17) is 14.2 Å². The number of benzene rings is 2. The average Bonchev–Trinajstić information content (AvgIpc) is 2.60. The molecule has 24 heavy (non-hydrogen) atoms. The zero-order valence-corrected chi connectivity index (χ0v) is 14.8. The largest absolute Gasteiger partial charge is 0.497 e. The van der Waals surface area contributed by atoms with Crippen LogP contribution < -0.4 is 19.5 Å². The molecule has 0 radical (unpaired) electrons. The van der Waals surface area contributed by atoms with Gasteiger partial charge in [-0.25, -0.2) is 0 Å². The molecule has 0 atom stereocenters. The Morgan fingerprint density at radius 3 is 2.50 bits per heavy atom. The Balaban J connectivity index is 1.83. The minimum atomic E-state index is -0.226. The van der Waals surface area contributed by atoms with E-state index in [1.54, 1.807) is 32.4 Å². The highest BCUT2D eigenvalue weighted by Gasteiger charge is 2.18. The number of halogens is 1. The number of carbonyl (C=O) groups excluding carboxylic acids is 1. The summed E-state index contributed by atoms with van der Waals surface area (Å²) >= 11 is 3.42. The van der Waals surface area contributed by atoms with Crippen LogP contribution in [0.2, 0.25) is 0 Å². The normalized spacial score (nSPS) is 12.5. The molecule has 0 unspecified atom stereocenters. The lowest BCUT2D eigenvalue weighted by Crippen LogP contribution is -2.21. The second-order valence-corrected chi connectivity index (χ2v) is 6.11. The van der Waals surface area contributed by atoms with Gasteiger partial charge < -0.3 is 19.5 Å². The van der Waals surface area contributed by atoms with E-state index in [-0.39, 0.29) is 12.5 Å². The molecule has 1 aliphatic rings. The predicted molar refractivity (Wildman–Crippen MR) is 95.8 cm³/mol. The van der Waals surface area contributed by atoms with Gasteiger partial charge in [0.15, 0.2) is 0 Å². The van der Waals surface area contributed by atoms with Crippen LogP contribution in [0.5, 0.6) is 17.2 Å². The van der Waals surface area contributed by atoms with Gasteiger partial charge in [0.1, 0.15) is 23.9 Å². The molecule has 0 saturated heterocycles. The van der Waals surface area contributed by atoms with Crippen molar-refractivity contribution in [2.45, 2.75) is 0 Å². The molecular formula is C18H16BrNO4. The molecule has 0 bridgehead atoms.